The Bertz CT molecular complexity index is 746. The molecule has 6 unspecified atom stereocenters. The minimum absolute atomic E-state index is 0.155. The van der Waals surface area contributed by atoms with Gasteiger partial charge in [-0.3, -0.25) is 4.79 Å². The van der Waals surface area contributed by atoms with Gasteiger partial charge < -0.3 is 5.11 Å². The van der Waals surface area contributed by atoms with Crippen LogP contribution in [0.5, 0.6) is 0 Å². The second kappa shape index (κ2) is 7.91. The summed E-state index contributed by atoms with van der Waals surface area (Å²) < 4.78 is 0. The molecule has 0 spiro atoms. The fourth-order valence-corrected chi connectivity index (χ4v) is 8.05. The van der Waals surface area contributed by atoms with Crippen molar-refractivity contribution in [1.29, 1.82) is 0 Å². The summed E-state index contributed by atoms with van der Waals surface area (Å²) in [5.74, 6) is 3.26. The maximum Gasteiger partial charge on any atom is 0.159 e. The predicted molar refractivity (Wildman–Crippen MR) is 124 cm³/mol. The van der Waals surface area contributed by atoms with Crippen LogP contribution in [-0.4, -0.2) is 17.0 Å². The average Bonchev–Trinajstić information content (AvgIpc) is 3.04. The zero-order valence-corrected chi connectivity index (χ0v) is 20.1. The first-order valence-corrected chi connectivity index (χ1v) is 12.7. The smallest absolute Gasteiger partial charge is 0.159 e. The molecule has 2 heteroatoms. The quantitative estimate of drug-likeness (QED) is 0.500. The van der Waals surface area contributed by atoms with Crippen LogP contribution in [0, 0.1) is 40.4 Å². The lowest BCUT2D eigenvalue weighted by Gasteiger charge is -2.54. The Balaban J connectivity index is 1.58. The molecule has 0 bridgehead atoms. The van der Waals surface area contributed by atoms with Crippen LogP contribution in [0.2, 0.25) is 0 Å². The number of rotatable bonds is 5. The van der Waals surface area contributed by atoms with Gasteiger partial charge in [0.05, 0.1) is 6.10 Å². The van der Waals surface area contributed by atoms with Gasteiger partial charge in [-0.15, -0.1) is 0 Å². The van der Waals surface area contributed by atoms with Crippen LogP contribution < -0.4 is 0 Å². The van der Waals surface area contributed by atoms with E-state index in [1.165, 1.54) is 42.4 Å². The van der Waals surface area contributed by atoms with Gasteiger partial charge >= 0.3 is 0 Å². The first-order valence-electron chi connectivity index (χ1n) is 12.7. The van der Waals surface area contributed by atoms with Gasteiger partial charge in [0.1, 0.15) is 0 Å². The van der Waals surface area contributed by atoms with E-state index in [0.717, 1.165) is 38.0 Å². The molecule has 168 valence electrons. The molecule has 2 fully saturated rings. The molecule has 0 aromatic heterocycles. The van der Waals surface area contributed by atoms with Crippen LogP contribution in [0.3, 0.4) is 0 Å². The zero-order chi connectivity index (χ0) is 21.8. The van der Waals surface area contributed by atoms with E-state index in [0.29, 0.717) is 35.9 Å². The largest absolute Gasteiger partial charge is 0.393 e. The Morgan fingerprint density at radius 3 is 2.60 bits per heavy atom. The summed E-state index contributed by atoms with van der Waals surface area (Å²) in [6, 6.07) is 0. The number of allylic oxidation sites excluding steroid dienone is 3. The summed E-state index contributed by atoms with van der Waals surface area (Å²) in [4.78, 5) is 13.4. The number of hydrogen-bond donors (Lipinski definition) is 1. The van der Waals surface area contributed by atoms with E-state index in [1.807, 2.05) is 0 Å². The summed E-state index contributed by atoms with van der Waals surface area (Å²) in [7, 11) is 0. The Hall–Kier alpha value is -0.890. The molecule has 7 atom stereocenters. The van der Waals surface area contributed by atoms with Gasteiger partial charge in [-0.1, -0.05) is 52.3 Å². The van der Waals surface area contributed by atoms with Crippen LogP contribution >= 0.6 is 0 Å². The lowest BCUT2D eigenvalue weighted by atomic mass is 9.50. The van der Waals surface area contributed by atoms with Gasteiger partial charge in [0.2, 0.25) is 0 Å². The van der Waals surface area contributed by atoms with Gasteiger partial charge in [-0.2, -0.15) is 0 Å². The Morgan fingerprint density at radius 1 is 1.17 bits per heavy atom. The van der Waals surface area contributed by atoms with Crippen molar-refractivity contribution in [1.82, 2.24) is 0 Å². The molecule has 2 saturated carbocycles. The highest BCUT2D eigenvalue weighted by Crippen LogP contribution is 2.65. The Kier molecular flexibility index (Phi) is 5.88. The fraction of sp³-hybridized carbons (Fsp3) is 0.821. The molecule has 0 aromatic carbocycles. The predicted octanol–water partition coefficient (Wildman–Crippen LogP) is 6.88. The third-order valence-electron chi connectivity index (χ3n) is 10.3. The molecule has 0 aromatic rings. The molecule has 4 aliphatic rings. The van der Waals surface area contributed by atoms with Crippen molar-refractivity contribution >= 4 is 5.78 Å². The number of carbonyl (C=O) groups excluding carboxylic acids is 1. The molecule has 0 aliphatic heterocycles. The molecule has 1 N–H and O–H groups in total. The highest BCUT2D eigenvalue weighted by Gasteiger charge is 2.57. The van der Waals surface area contributed by atoms with E-state index < -0.39 is 0 Å². The molecule has 30 heavy (non-hydrogen) atoms. The number of hydrogen-bond acceptors (Lipinski definition) is 2. The number of aliphatic hydroxyl groups excluding tert-OH is 1. The summed E-state index contributed by atoms with van der Waals surface area (Å²) in [6.45, 7) is 16.2. The molecule has 0 heterocycles. The first kappa shape index (κ1) is 22.3. The minimum atomic E-state index is -0.204. The van der Waals surface area contributed by atoms with Gasteiger partial charge in [0.15, 0.2) is 5.78 Å². The van der Waals surface area contributed by atoms with Crippen molar-refractivity contribution in [2.75, 3.05) is 0 Å². The summed E-state index contributed by atoms with van der Waals surface area (Å²) in [5.41, 5.74) is 4.60. The molecule has 4 rings (SSSR count). The van der Waals surface area contributed by atoms with Crippen LogP contribution in [0.15, 0.2) is 23.3 Å². The highest BCUT2D eigenvalue weighted by molar-refractivity contribution is 5.98. The lowest BCUT2D eigenvalue weighted by molar-refractivity contribution is -0.121. The van der Waals surface area contributed by atoms with Crippen molar-refractivity contribution in [3.8, 4) is 0 Å². The van der Waals surface area contributed by atoms with Crippen LogP contribution in [0.1, 0.15) is 98.8 Å². The van der Waals surface area contributed by atoms with Gasteiger partial charge in [0.25, 0.3) is 0 Å². The standard InChI is InChI=1S/C28H44O2/c1-17(2)18(3)7-8-19(4)22-9-10-23-26-24(12-14-28(22,23)6)27(5)13-11-21(29)15-20(27)16-25(26)30/h17,19-23,29H,3,7-16H2,1-2,4-6H3/t19?,20-,21?,22?,23?,27?,28?/m1/s1. The van der Waals surface area contributed by atoms with Crippen molar-refractivity contribution in [2.45, 2.75) is 105 Å². The molecular weight excluding hydrogens is 368 g/mol. The third-order valence-corrected chi connectivity index (χ3v) is 10.3. The number of fused-ring (bicyclic) bond motifs is 4. The highest BCUT2D eigenvalue weighted by atomic mass is 16.3. The molecule has 0 saturated heterocycles. The van der Waals surface area contributed by atoms with E-state index in [4.69, 9.17) is 0 Å². The van der Waals surface area contributed by atoms with E-state index >= 15 is 0 Å². The summed E-state index contributed by atoms with van der Waals surface area (Å²) in [5, 5.41) is 10.2. The summed E-state index contributed by atoms with van der Waals surface area (Å²) in [6.07, 6.45) is 10.5. The fourth-order valence-electron chi connectivity index (χ4n) is 8.05. The van der Waals surface area contributed by atoms with E-state index in [9.17, 15) is 9.90 Å². The maximum atomic E-state index is 13.4. The number of aliphatic hydroxyl groups is 1. The molecule has 0 amide bonds. The van der Waals surface area contributed by atoms with Crippen LogP contribution in [0.4, 0.5) is 0 Å². The lowest BCUT2D eigenvalue weighted by Crippen LogP contribution is -2.48. The van der Waals surface area contributed by atoms with E-state index in [2.05, 4.69) is 41.2 Å². The zero-order valence-electron chi connectivity index (χ0n) is 20.1. The molecular formula is C28H44O2. The van der Waals surface area contributed by atoms with Crippen LogP contribution in [-0.2, 0) is 4.79 Å². The van der Waals surface area contributed by atoms with Gasteiger partial charge in [0, 0.05) is 6.42 Å². The topological polar surface area (TPSA) is 37.3 Å². The molecule has 4 aliphatic carbocycles. The van der Waals surface area contributed by atoms with E-state index in [-0.39, 0.29) is 16.9 Å². The summed E-state index contributed by atoms with van der Waals surface area (Å²) >= 11 is 0. The SMILES string of the molecule is C=C(CCC(C)C1CCC2C3=C(CCC21C)C1(C)CCC(O)C[C@@H]1CC3=O)C(C)C. The van der Waals surface area contributed by atoms with Gasteiger partial charge in [-0.05, 0) is 104 Å². The molecule has 2 nitrogen and oxygen atoms in total. The van der Waals surface area contributed by atoms with Crippen LogP contribution in [0.25, 0.3) is 0 Å². The second-order valence-electron chi connectivity index (χ2n) is 12.1. The van der Waals surface area contributed by atoms with Crippen molar-refractivity contribution in [2.24, 2.45) is 40.4 Å². The second-order valence-corrected chi connectivity index (χ2v) is 12.1. The van der Waals surface area contributed by atoms with Crippen molar-refractivity contribution < 1.29 is 9.90 Å². The van der Waals surface area contributed by atoms with E-state index in [1.54, 1.807) is 0 Å². The normalized spacial score (nSPS) is 42.0. The Labute approximate surface area is 184 Å². The average molecular weight is 413 g/mol. The monoisotopic (exact) mass is 412 g/mol. The number of carbonyl (C=O) groups is 1. The number of Topliss-reactive ketones (excluding diaryl/α,β-unsaturated/α-hetero) is 1. The number of ketones is 1. The first-order chi connectivity index (χ1) is 14.1. The molecule has 0 radical (unpaired) electrons. The maximum absolute atomic E-state index is 13.4. The van der Waals surface area contributed by atoms with Gasteiger partial charge in [-0.25, -0.2) is 0 Å². The van der Waals surface area contributed by atoms with Crippen molar-refractivity contribution in [3.63, 3.8) is 0 Å². The van der Waals surface area contributed by atoms with Crippen molar-refractivity contribution in [3.05, 3.63) is 23.3 Å². The minimum Gasteiger partial charge on any atom is -0.393 e. The Morgan fingerprint density at radius 2 is 1.90 bits per heavy atom. The third kappa shape index (κ3) is 3.46.